The van der Waals surface area contributed by atoms with Crippen molar-refractivity contribution in [1.82, 2.24) is 0 Å². The summed E-state index contributed by atoms with van der Waals surface area (Å²) in [5.41, 5.74) is 5.77. The molecular formula is C32H46O2. The van der Waals surface area contributed by atoms with E-state index in [4.69, 9.17) is 4.74 Å². The molecule has 2 aromatic carbocycles. The summed E-state index contributed by atoms with van der Waals surface area (Å²) < 4.78 is 6.00. The van der Waals surface area contributed by atoms with Gasteiger partial charge >= 0.3 is 0 Å². The van der Waals surface area contributed by atoms with Gasteiger partial charge in [-0.25, -0.2) is 0 Å². The Morgan fingerprint density at radius 1 is 0.882 bits per heavy atom. The minimum Gasteiger partial charge on any atom is -0.493 e. The molecule has 2 nitrogen and oxygen atoms in total. The summed E-state index contributed by atoms with van der Waals surface area (Å²) in [4.78, 5) is 0. The number of aryl methyl sites for hydroxylation is 2. The fraction of sp³-hybridized carbons (Fsp3) is 0.562. The lowest BCUT2D eigenvalue weighted by molar-refractivity contribution is 0.0907. The molecule has 2 heteroatoms. The van der Waals surface area contributed by atoms with Gasteiger partial charge in [0.25, 0.3) is 0 Å². The molecule has 2 aromatic rings. The van der Waals surface area contributed by atoms with E-state index in [2.05, 4.69) is 104 Å². The van der Waals surface area contributed by atoms with Crippen molar-refractivity contribution in [2.24, 2.45) is 5.41 Å². The van der Waals surface area contributed by atoms with Gasteiger partial charge in [0.1, 0.15) is 11.9 Å². The Morgan fingerprint density at radius 3 is 2.03 bits per heavy atom. The molecule has 0 aromatic heterocycles. The summed E-state index contributed by atoms with van der Waals surface area (Å²) in [5.74, 6) is 7.36. The second kappa shape index (κ2) is 12.5. The molecule has 34 heavy (non-hydrogen) atoms. The molecule has 0 saturated carbocycles. The van der Waals surface area contributed by atoms with Crippen molar-refractivity contribution in [2.75, 3.05) is 6.61 Å². The van der Waals surface area contributed by atoms with Crippen molar-refractivity contribution >= 4 is 0 Å². The number of benzene rings is 2. The third-order valence-corrected chi connectivity index (χ3v) is 7.45. The zero-order chi connectivity index (χ0) is 25.4. The maximum Gasteiger partial charge on any atom is 0.122 e. The molecule has 0 aliphatic carbocycles. The highest BCUT2D eigenvalue weighted by atomic mass is 16.5. The first kappa shape index (κ1) is 28.0. The first-order valence-corrected chi connectivity index (χ1v) is 13.2. The highest BCUT2D eigenvalue weighted by Crippen LogP contribution is 2.41. The maximum absolute atomic E-state index is 10.6. The second-order valence-electron chi connectivity index (χ2n) is 10.4. The molecule has 0 saturated heterocycles. The Labute approximate surface area is 209 Å². The van der Waals surface area contributed by atoms with Gasteiger partial charge in [-0.05, 0) is 73.9 Å². The van der Waals surface area contributed by atoms with Gasteiger partial charge in [-0.3, -0.25) is 0 Å². The average molecular weight is 463 g/mol. The minimum absolute atomic E-state index is 0.0495. The number of hydrogen-bond acceptors (Lipinski definition) is 2. The smallest absolute Gasteiger partial charge is 0.122 e. The van der Waals surface area contributed by atoms with Crippen LogP contribution in [-0.2, 0) is 5.41 Å². The first-order chi connectivity index (χ1) is 16.1. The molecule has 0 aliphatic heterocycles. The Morgan fingerprint density at radius 2 is 1.50 bits per heavy atom. The van der Waals surface area contributed by atoms with Crippen LogP contribution in [0.3, 0.4) is 0 Å². The summed E-state index contributed by atoms with van der Waals surface area (Å²) >= 11 is 0. The fourth-order valence-electron chi connectivity index (χ4n) is 4.89. The number of aliphatic hydroxyl groups excluding tert-OH is 1. The molecule has 0 radical (unpaired) electrons. The van der Waals surface area contributed by atoms with Crippen LogP contribution in [0.15, 0.2) is 36.4 Å². The van der Waals surface area contributed by atoms with E-state index in [0.717, 1.165) is 62.0 Å². The quantitative estimate of drug-likeness (QED) is 0.270. The van der Waals surface area contributed by atoms with E-state index >= 15 is 0 Å². The third-order valence-electron chi connectivity index (χ3n) is 7.45. The van der Waals surface area contributed by atoms with E-state index < -0.39 is 6.10 Å². The molecule has 1 atom stereocenters. The van der Waals surface area contributed by atoms with Crippen LogP contribution in [0, 0.1) is 31.1 Å². The van der Waals surface area contributed by atoms with Crippen LogP contribution in [0.25, 0.3) is 0 Å². The van der Waals surface area contributed by atoms with Crippen LogP contribution in [0.4, 0.5) is 0 Å². The zero-order valence-electron chi connectivity index (χ0n) is 22.8. The number of hydrogen-bond donors (Lipinski definition) is 1. The normalized spacial score (nSPS) is 12.7. The van der Waals surface area contributed by atoms with E-state index in [1.165, 1.54) is 16.7 Å². The minimum atomic E-state index is -0.627. The summed E-state index contributed by atoms with van der Waals surface area (Å²) in [7, 11) is 0. The van der Waals surface area contributed by atoms with E-state index in [-0.39, 0.29) is 10.8 Å². The van der Waals surface area contributed by atoms with E-state index in [9.17, 15) is 5.11 Å². The van der Waals surface area contributed by atoms with Gasteiger partial charge < -0.3 is 9.84 Å². The molecule has 0 aliphatic rings. The van der Waals surface area contributed by atoms with Gasteiger partial charge in [0.05, 0.1) is 6.61 Å². The molecule has 1 N–H and O–H groups in total. The number of unbranched alkanes of at least 4 members (excludes halogenated alkanes) is 1. The molecule has 0 fully saturated rings. The zero-order valence-corrected chi connectivity index (χ0v) is 22.8. The van der Waals surface area contributed by atoms with Crippen molar-refractivity contribution in [1.29, 1.82) is 0 Å². The highest BCUT2D eigenvalue weighted by Gasteiger charge is 2.31. The molecule has 0 heterocycles. The Kier molecular flexibility index (Phi) is 10.3. The summed E-state index contributed by atoms with van der Waals surface area (Å²) in [6.45, 7) is 18.1. The van der Waals surface area contributed by atoms with Crippen LogP contribution in [0.5, 0.6) is 5.75 Å². The molecular weight excluding hydrogens is 416 g/mol. The van der Waals surface area contributed by atoms with Gasteiger partial charge in [0, 0.05) is 16.4 Å². The van der Waals surface area contributed by atoms with E-state index in [1.807, 2.05) is 0 Å². The van der Waals surface area contributed by atoms with Crippen LogP contribution in [0.1, 0.15) is 108 Å². The van der Waals surface area contributed by atoms with Crippen LogP contribution in [-0.4, -0.2) is 17.8 Å². The fourth-order valence-corrected chi connectivity index (χ4v) is 4.89. The molecule has 2 rings (SSSR count). The standard InChI is InChI=1S/C32H46O2/c1-9-13-21-34-29-18-17-28(23-25(29)6)32(11-3,12-4)27-16-14-26(24(5)22-27)15-19-30(33)31(7,8)20-10-2/h14,16-18,22-23,30,33H,9-13,20-21H2,1-8H3. The van der Waals surface area contributed by atoms with Gasteiger partial charge in [-0.1, -0.05) is 90.5 Å². The molecule has 0 spiro atoms. The monoisotopic (exact) mass is 462 g/mol. The Bertz CT molecular complexity index is 986. The lowest BCUT2D eigenvalue weighted by atomic mass is 9.70. The van der Waals surface area contributed by atoms with Gasteiger partial charge in [0.2, 0.25) is 0 Å². The number of rotatable bonds is 11. The topological polar surface area (TPSA) is 29.5 Å². The highest BCUT2D eigenvalue weighted by molar-refractivity contribution is 5.50. The molecule has 0 bridgehead atoms. The van der Waals surface area contributed by atoms with Crippen molar-refractivity contribution in [3.63, 3.8) is 0 Å². The van der Waals surface area contributed by atoms with Crippen molar-refractivity contribution < 1.29 is 9.84 Å². The van der Waals surface area contributed by atoms with Crippen LogP contribution in [0.2, 0.25) is 0 Å². The van der Waals surface area contributed by atoms with Crippen molar-refractivity contribution in [2.45, 2.75) is 105 Å². The Balaban J connectivity index is 2.38. The van der Waals surface area contributed by atoms with E-state index in [1.54, 1.807) is 0 Å². The van der Waals surface area contributed by atoms with Gasteiger partial charge in [-0.2, -0.15) is 0 Å². The predicted molar refractivity (Wildman–Crippen MR) is 146 cm³/mol. The Hall–Kier alpha value is -2.24. The molecule has 1 unspecified atom stereocenters. The van der Waals surface area contributed by atoms with Crippen LogP contribution < -0.4 is 4.74 Å². The number of aliphatic hydroxyl groups is 1. The molecule has 186 valence electrons. The molecule has 0 amide bonds. The summed E-state index contributed by atoms with van der Waals surface area (Å²) in [6, 6.07) is 13.4. The lowest BCUT2D eigenvalue weighted by Crippen LogP contribution is -2.27. The largest absolute Gasteiger partial charge is 0.493 e. The average Bonchev–Trinajstić information content (AvgIpc) is 2.81. The van der Waals surface area contributed by atoms with Crippen molar-refractivity contribution in [3.8, 4) is 17.6 Å². The van der Waals surface area contributed by atoms with E-state index in [0.29, 0.717) is 0 Å². The van der Waals surface area contributed by atoms with Gasteiger partial charge in [-0.15, -0.1) is 0 Å². The summed E-state index contributed by atoms with van der Waals surface area (Å²) in [5, 5.41) is 10.6. The van der Waals surface area contributed by atoms with Crippen molar-refractivity contribution in [3.05, 3.63) is 64.2 Å². The lowest BCUT2D eigenvalue weighted by Gasteiger charge is -2.34. The maximum atomic E-state index is 10.6. The summed E-state index contributed by atoms with van der Waals surface area (Å²) in [6.07, 6.45) is 5.63. The first-order valence-electron chi connectivity index (χ1n) is 13.2. The van der Waals surface area contributed by atoms with Gasteiger partial charge in [0.15, 0.2) is 0 Å². The predicted octanol–water partition coefficient (Wildman–Crippen LogP) is 8.13. The third kappa shape index (κ3) is 6.45. The second-order valence-corrected chi connectivity index (χ2v) is 10.4. The van der Waals surface area contributed by atoms with Crippen LogP contribution >= 0.6 is 0 Å². The number of ether oxygens (including phenoxy) is 1. The SMILES string of the molecule is CCCCOc1ccc(C(CC)(CC)c2ccc(C#CC(O)C(C)(C)CCC)c(C)c2)cc1C.